The van der Waals surface area contributed by atoms with Gasteiger partial charge in [-0.3, -0.25) is 9.36 Å². The molecule has 2 aromatic carbocycles. The largest absolute Gasteiger partial charge is 0.418 e. The number of alkyl halides is 3. The van der Waals surface area contributed by atoms with Gasteiger partial charge in [0.05, 0.1) is 22.7 Å². The van der Waals surface area contributed by atoms with E-state index in [1.54, 1.807) is 0 Å². The van der Waals surface area contributed by atoms with Crippen LogP contribution in [0.2, 0.25) is 0 Å². The Hall–Kier alpha value is -3.01. The maximum atomic E-state index is 13.2. The van der Waals surface area contributed by atoms with Crippen LogP contribution >= 0.6 is 11.8 Å². The summed E-state index contributed by atoms with van der Waals surface area (Å²) in [6.07, 6.45) is -1.22. The first-order valence-electron chi connectivity index (χ1n) is 10.3. The maximum absolute atomic E-state index is 13.2. The van der Waals surface area contributed by atoms with Crippen LogP contribution in [0.25, 0.3) is 5.69 Å². The van der Waals surface area contributed by atoms with Gasteiger partial charge in [0.25, 0.3) is 0 Å². The minimum Gasteiger partial charge on any atom is -0.341 e. The summed E-state index contributed by atoms with van der Waals surface area (Å²) in [7, 11) is 0. The Morgan fingerprint density at radius 3 is 2.38 bits per heavy atom. The fourth-order valence-corrected chi connectivity index (χ4v) is 4.36. The second kappa shape index (κ2) is 9.64. The lowest BCUT2D eigenvalue weighted by molar-refractivity contribution is -0.137. The molecule has 1 saturated heterocycles. The van der Waals surface area contributed by atoms with Gasteiger partial charge in [-0.2, -0.15) is 13.2 Å². The van der Waals surface area contributed by atoms with Crippen LogP contribution in [-0.2, 0) is 11.0 Å². The Kier molecular flexibility index (Phi) is 6.69. The number of rotatable bonds is 6. The molecule has 6 nitrogen and oxygen atoms in total. The molecule has 0 bridgehead atoms. The highest BCUT2D eigenvalue weighted by atomic mass is 32.2. The Morgan fingerprint density at radius 2 is 1.66 bits per heavy atom. The van der Waals surface area contributed by atoms with Crippen molar-refractivity contribution in [2.75, 3.05) is 29.1 Å². The first-order chi connectivity index (χ1) is 15.4. The molecule has 0 unspecified atom stereocenters. The summed E-state index contributed by atoms with van der Waals surface area (Å²) in [5, 5.41) is 11.5. The number of thioether (sulfide) groups is 1. The summed E-state index contributed by atoms with van der Waals surface area (Å²) in [5.74, 6) is 0.0621. The van der Waals surface area contributed by atoms with Gasteiger partial charge in [-0.15, -0.1) is 10.2 Å². The van der Waals surface area contributed by atoms with Gasteiger partial charge < -0.3 is 10.2 Å². The first-order valence-corrected chi connectivity index (χ1v) is 11.3. The molecule has 0 radical (unpaired) electrons. The standard InChI is InChI=1S/C22H22F3N5OS/c23-22(24,25)17-11-5-6-12-18(17)26-19(31)15-32-21-28-27-20(29-13-7-2-8-14-29)30(21)16-9-3-1-4-10-16/h1,3-6,9-12H,2,7-8,13-15H2,(H,26,31). The summed E-state index contributed by atoms with van der Waals surface area (Å²) in [6, 6.07) is 14.5. The van der Waals surface area contributed by atoms with Crippen molar-refractivity contribution >= 4 is 29.3 Å². The van der Waals surface area contributed by atoms with Crippen LogP contribution in [0, 0.1) is 0 Å². The number of carbonyl (C=O) groups is 1. The molecule has 3 aromatic rings. The van der Waals surface area contributed by atoms with E-state index in [2.05, 4.69) is 20.4 Å². The Labute approximate surface area is 187 Å². The molecule has 1 N–H and O–H groups in total. The van der Waals surface area contributed by atoms with E-state index in [1.807, 2.05) is 34.9 Å². The Balaban J connectivity index is 1.53. The molecule has 1 aliphatic heterocycles. The van der Waals surface area contributed by atoms with E-state index in [9.17, 15) is 18.0 Å². The molecule has 10 heteroatoms. The topological polar surface area (TPSA) is 63.1 Å². The summed E-state index contributed by atoms with van der Waals surface area (Å²) in [6.45, 7) is 1.76. The van der Waals surface area contributed by atoms with Crippen LogP contribution in [0.1, 0.15) is 24.8 Å². The molecular weight excluding hydrogens is 439 g/mol. The minimum atomic E-state index is -4.55. The summed E-state index contributed by atoms with van der Waals surface area (Å²) in [4.78, 5) is 14.6. The van der Waals surface area contributed by atoms with E-state index in [0.29, 0.717) is 11.1 Å². The molecule has 32 heavy (non-hydrogen) atoms. The summed E-state index contributed by atoms with van der Waals surface area (Å²) < 4.78 is 41.5. The van der Waals surface area contributed by atoms with Gasteiger partial charge >= 0.3 is 6.18 Å². The maximum Gasteiger partial charge on any atom is 0.418 e. The van der Waals surface area contributed by atoms with E-state index >= 15 is 0 Å². The Morgan fingerprint density at radius 1 is 0.969 bits per heavy atom. The zero-order valence-corrected chi connectivity index (χ0v) is 18.0. The number of para-hydroxylation sites is 2. The first kappa shape index (κ1) is 22.2. The second-order valence-electron chi connectivity index (χ2n) is 7.38. The molecule has 168 valence electrons. The number of piperidine rings is 1. The van der Waals surface area contributed by atoms with Crippen molar-refractivity contribution < 1.29 is 18.0 Å². The molecule has 4 rings (SSSR count). The third-order valence-electron chi connectivity index (χ3n) is 5.11. The number of carbonyl (C=O) groups excluding carboxylic acids is 1. The number of benzene rings is 2. The quantitative estimate of drug-likeness (QED) is 0.523. The molecule has 0 atom stereocenters. The van der Waals surface area contributed by atoms with Crippen molar-refractivity contribution in [3.63, 3.8) is 0 Å². The lowest BCUT2D eigenvalue weighted by Gasteiger charge is -2.27. The van der Waals surface area contributed by atoms with Gasteiger partial charge in [-0.25, -0.2) is 0 Å². The van der Waals surface area contributed by atoms with Gasteiger partial charge in [-0.05, 0) is 43.5 Å². The van der Waals surface area contributed by atoms with E-state index < -0.39 is 17.6 Å². The van der Waals surface area contributed by atoms with Crippen molar-refractivity contribution in [3.05, 3.63) is 60.2 Å². The lowest BCUT2D eigenvalue weighted by Crippen LogP contribution is -2.31. The number of nitrogens with one attached hydrogen (secondary N) is 1. The van der Waals surface area contributed by atoms with Crippen LogP contribution in [0.15, 0.2) is 59.8 Å². The number of halogens is 3. The number of hydrogen-bond donors (Lipinski definition) is 1. The number of aromatic nitrogens is 3. The Bertz CT molecular complexity index is 1060. The molecule has 0 saturated carbocycles. The van der Waals surface area contributed by atoms with E-state index in [4.69, 9.17) is 0 Å². The van der Waals surface area contributed by atoms with Crippen LogP contribution < -0.4 is 10.2 Å². The highest BCUT2D eigenvalue weighted by Gasteiger charge is 2.33. The highest BCUT2D eigenvalue weighted by Crippen LogP contribution is 2.35. The predicted octanol–water partition coefficient (Wildman–Crippen LogP) is 5.01. The highest BCUT2D eigenvalue weighted by molar-refractivity contribution is 7.99. The average molecular weight is 462 g/mol. The van der Waals surface area contributed by atoms with E-state index in [1.165, 1.54) is 24.6 Å². The number of nitrogens with zero attached hydrogens (tertiary/aromatic N) is 4. The predicted molar refractivity (Wildman–Crippen MR) is 118 cm³/mol. The molecular formula is C22H22F3N5OS. The van der Waals surface area contributed by atoms with Crippen molar-refractivity contribution in [1.82, 2.24) is 14.8 Å². The molecule has 1 aromatic heterocycles. The van der Waals surface area contributed by atoms with Gasteiger partial charge in [-0.1, -0.05) is 42.1 Å². The minimum absolute atomic E-state index is 0.100. The van der Waals surface area contributed by atoms with Gasteiger partial charge in [0.2, 0.25) is 11.9 Å². The zero-order valence-electron chi connectivity index (χ0n) is 17.2. The van der Waals surface area contributed by atoms with Crippen molar-refractivity contribution in [1.29, 1.82) is 0 Å². The van der Waals surface area contributed by atoms with Gasteiger partial charge in [0.1, 0.15) is 0 Å². The summed E-state index contributed by atoms with van der Waals surface area (Å²) in [5.41, 5.74) is -0.272. The summed E-state index contributed by atoms with van der Waals surface area (Å²) >= 11 is 1.14. The van der Waals surface area contributed by atoms with Crippen molar-refractivity contribution in [3.8, 4) is 5.69 Å². The van der Waals surface area contributed by atoms with Crippen LogP contribution in [-0.4, -0.2) is 39.5 Å². The third-order valence-corrected chi connectivity index (χ3v) is 6.04. The molecule has 0 aliphatic carbocycles. The zero-order chi connectivity index (χ0) is 22.6. The van der Waals surface area contributed by atoms with Crippen molar-refractivity contribution in [2.24, 2.45) is 0 Å². The molecule has 0 spiro atoms. The van der Waals surface area contributed by atoms with Gasteiger partial charge in [0, 0.05) is 13.1 Å². The lowest BCUT2D eigenvalue weighted by atomic mass is 10.1. The van der Waals surface area contributed by atoms with Crippen LogP contribution in [0.4, 0.5) is 24.8 Å². The molecule has 2 heterocycles. The van der Waals surface area contributed by atoms with Crippen LogP contribution in [0.5, 0.6) is 0 Å². The average Bonchev–Trinajstić information content (AvgIpc) is 3.22. The van der Waals surface area contributed by atoms with E-state index in [0.717, 1.165) is 49.4 Å². The smallest absolute Gasteiger partial charge is 0.341 e. The molecule has 1 aliphatic rings. The van der Waals surface area contributed by atoms with Crippen LogP contribution in [0.3, 0.4) is 0 Å². The van der Waals surface area contributed by atoms with Gasteiger partial charge in [0.15, 0.2) is 5.16 Å². The fourth-order valence-electron chi connectivity index (χ4n) is 3.61. The number of amides is 1. The molecule has 1 fully saturated rings. The monoisotopic (exact) mass is 461 g/mol. The fraction of sp³-hybridized carbons (Fsp3) is 0.318. The SMILES string of the molecule is O=C(CSc1nnc(N2CCCCC2)n1-c1ccccc1)Nc1ccccc1C(F)(F)F. The normalized spacial score (nSPS) is 14.4. The second-order valence-corrected chi connectivity index (χ2v) is 8.32. The molecule has 1 amide bonds. The third kappa shape index (κ3) is 5.07. The number of anilines is 2. The number of hydrogen-bond acceptors (Lipinski definition) is 5. The van der Waals surface area contributed by atoms with E-state index in [-0.39, 0.29) is 11.4 Å². The van der Waals surface area contributed by atoms with Crippen molar-refractivity contribution in [2.45, 2.75) is 30.6 Å².